The van der Waals surface area contributed by atoms with Gasteiger partial charge in [-0.25, -0.2) is 4.39 Å². The van der Waals surface area contributed by atoms with Gasteiger partial charge in [0.25, 0.3) is 0 Å². The Morgan fingerprint density at radius 2 is 2.22 bits per heavy atom. The Morgan fingerprint density at radius 3 is 2.83 bits per heavy atom. The van der Waals surface area contributed by atoms with Crippen LogP contribution in [0.4, 0.5) is 10.1 Å². The van der Waals surface area contributed by atoms with Gasteiger partial charge in [-0.05, 0) is 24.6 Å². The van der Waals surface area contributed by atoms with Crippen LogP contribution in [0.1, 0.15) is 12.8 Å². The van der Waals surface area contributed by atoms with E-state index in [-0.39, 0.29) is 25.2 Å². The molecular formula is C12H15BrFNO3. The summed E-state index contributed by atoms with van der Waals surface area (Å²) in [6.45, 7) is 0.181. The highest BCUT2D eigenvalue weighted by Gasteiger charge is 2.13. The highest BCUT2D eigenvalue weighted by Crippen LogP contribution is 2.23. The molecule has 0 aliphatic heterocycles. The van der Waals surface area contributed by atoms with Crippen LogP contribution in [0.25, 0.3) is 0 Å². The van der Waals surface area contributed by atoms with Crippen molar-refractivity contribution in [3.63, 3.8) is 0 Å². The quantitative estimate of drug-likeness (QED) is 0.844. The normalized spacial score (nSPS) is 12.2. The first-order chi connectivity index (χ1) is 8.40. The number of carbonyl (C=O) groups is 1. The van der Waals surface area contributed by atoms with Crippen LogP contribution in [0, 0.1) is 5.82 Å². The molecule has 0 spiro atoms. The smallest absolute Gasteiger partial charge is 0.303 e. The van der Waals surface area contributed by atoms with Gasteiger partial charge in [0.15, 0.2) is 0 Å². The molecule has 1 aromatic rings. The van der Waals surface area contributed by atoms with E-state index in [9.17, 15) is 14.3 Å². The topological polar surface area (TPSA) is 60.8 Å². The summed E-state index contributed by atoms with van der Waals surface area (Å²) >= 11 is 3.25. The summed E-state index contributed by atoms with van der Waals surface area (Å²) < 4.78 is 14.3. The Balaban J connectivity index is 2.61. The Bertz CT molecular complexity index is 428. The van der Waals surface area contributed by atoms with Crippen LogP contribution in [0.3, 0.4) is 0 Å². The molecule has 1 atom stereocenters. The molecule has 0 aromatic heterocycles. The number of hydrogen-bond acceptors (Lipinski definition) is 3. The van der Waals surface area contributed by atoms with Crippen LogP contribution < -0.4 is 4.90 Å². The number of benzene rings is 1. The number of hydrogen-bond donors (Lipinski definition) is 2. The van der Waals surface area contributed by atoms with Gasteiger partial charge in [0.05, 0.1) is 11.8 Å². The van der Waals surface area contributed by atoms with E-state index in [2.05, 4.69) is 15.9 Å². The molecule has 1 rings (SSSR count). The number of likely N-dealkylation sites (N-methyl/N-ethyl adjacent to an activating group) is 1. The molecule has 18 heavy (non-hydrogen) atoms. The van der Waals surface area contributed by atoms with E-state index in [4.69, 9.17) is 5.11 Å². The van der Waals surface area contributed by atoms with Crippen LogP contribution in [0.5, 0.6) is 0 Å². The fourth-order valence-corrected chi connectivity index (χ4v) is 1.92. The van der Waals surface area contributed by atoms with Gasteiger partial charge in [0.2, 0.25) is 0 Å². The SMILES string of the molecule is CN(CC(O)CCC(=O)O)c1cc(Br)ccc1F. The fraction of sp³-hybridized carbons (Fsp3) is 0.417. The number of rotatable bonds is 6. The molecule has 0 radical (unpaired) electrons. The van der Waals surface area contributed by atoms with Gasteiger partial charge in [0, 0.05) is 24.5 Å². The van der Waals surface area contributed by atoms with Crippen molar-refractivity contribution in [1.82, 2.24) is 0 Å². The molecule has 2 N–H and O–H groups in total. The Kier molecular flexibility index (Phi) is 5.55. The summed E-state index contributed by atoms with van der Waals surface area (Å²) in [7, 11) is 1.65. The summed E-state index contributed by atoms with van der Waals surface area (Å²) in [6, 6.07) is 4.53. The highest BCUT2D eigenvalue weighted by atomic mass is 79.9. The molecule has 0 fully saturated rings. The zero-order valence-corrected chi connectivity index (χ0v) is 11.5. The average molecular weight is 320 g/mol. The van der Waals surface area contributed by atoms with Crippen molar-refractivity contribution in [3.8, 4) is 0 Å². The summed E-state index contributed by atoms with van der Waals surface area (Å²) in [5.41, 5.74) is 0.360. The molecule has 100 valence electrons. The van der Waals surface area contributed by atoms with E-state index in [1.54, 1.807) is 24.1 Å². The maximum atomic E-state index is 13.5. The molecular weight excluding hydrogens is 305 g/mol. The van der Waals surface area contributed by atoms with E-state index in [0.29, 0.717) is 5.69 Å². The van der Waals surface area contributed by atoms with Crippen molar-refractivity contribution in [3.05, 3.63) is 28.5 Å². The molecule has 0 aliphatic rings. The lowest BCUT2D eigenvalue weighted by Crippen LogP contribution is -2.30. The highest BCUT2D eigenvalue weighted by molar-refractivity contribution is 9.10. The number of carboxylic acid groups (broad SMARTS) is 1. The van der Waals surface area contributed by atoms with E-state index < -0.39 is 12.1 Å². The first-order valence-electron chi connectivity index (χ1n) is 5.46. The maximum Gasteiger partial charge on any atom is 0.303 e. The second-order valence-corrected chi connectivity index (χ2v) is 4.98. The maximum absolute atomic E-state index is 13.5. The molecule has 1 unspecified atom stereocenters. The number of aliphatic hydroxyl groups is 1. The number of nitrogens with zero attached hydrogens (tertiary/aromatic N) is 1. The summed E-state index contributed by atoms with van der Waals surface area (Å²) in [5, 5.41) is 18.2. The van der Waals surface area contributed by atoms with E-state index >= 15 is 0 Å². The molecule has 0 saturated heterocycles. The molecule has 0 saturated carbocycles. The predicted octanol–water partition coefficient (Wildman–Crippen LogP) is 2.25. The van der Waals surface area contributed by atoms with Gasteiger partial charge < -0.3 is 15.1 Å². The van der Waals surface area contributed by atoms with Crippen molar-refractivity contribution >= 4 is 27.6 Å². The van der Waals surface area contributed by atoms with Gasteiger partial charge in [0.1, 0.15) is 5.82 Å². The van der Waals surface area contributed by atoms with Crippen LogP contribution >= 0.6 is 15.9 Å². The third-order valence-corrected chi connectivity index (χ3v) is 2.99. The monoisotopic (exact) mass is 319 g/mol. The summed E-state index contributed by atoms with van der Waals surface area (Å²) in [6.07, 6.45) is -0.755. The Morgan fingerprint density at radius 1 is 1.56 bits per heavy atom. The van der Waals surface area contributed by atoms with Gasteiger partial charge in [-0.1, -0.05) is 15.9 Å². The van der Waals surface area contributed by atoms with E-state index in [1.165, 1.54) is 6.07 Å². The Hall–Kier alpha value is -1.14. The standard InChI is InChI=1S/C12H15BrFNO3/c1-15(7-9(16)3-5-12(17)18)11-6-8(13)2-4-10(11)14/h2,4,6,9,16H,3,5,7H2,1H3,(H,17,18). The van der Waals surface area contributed by atoms with Crippen LogP contribution in [-0.2, 0) is 4.79 Å². The third-order valence-electron chi connectivity index (χ3n) is 2.50. The van der Waals surface area contributed by atoms with Gasteiger partial charge in [-0.2, -0.15) is 0 Å². The van der Waals surface area contributed by atoms with Gasteiger partial charge >= 0.3 is 5.97 Å². The van der Waals surface area contributed by atoms with Gasteiger partial charge in [-0.3, -0.25) is 4.79 Å². The number of carboxylic acids is 1. The minimum Gasteiger partial charge on any atom is -0.481 e. The van der Waals surface area contributed by atoms with Crippen molar-refractivity contribution in [2.24, 2.45) is 0 Å². The molecule has 0 aliphatic carbocycles. The fourth-order valence-electron chi connectivity index (χ4n) is 1.57. The number of aliphatic hydroxyl groups excluding tert-OH is 1. The lowest BCUT2D eigenvalue weighted by Gasteiger charge is -2.23. The molecule has 0 bridgehead atoms. The lowest BCUT2D eigenvalue weighted by molar-refractivity contribution is -0.137. The van der Waals surface area contributed by atoms with Crippen LogP contribution in [0.15, 0.2) is 22.7 Å². The van der Waals surface area contributed by atoms with Crippen molar-refractivity contribution in [2.45, 2.75) is 18.9 Å². The first kappa shape index (κ1) is 14.9. The molecule has 0 amide bonds. The van der Waals surface area contributed by atoms with Crippen LogP contribution in [-0.4, -0.2) is 35.9 Å². The van der Waals surface area contributed by atoms with Gasteiger partial charge in [-0.15, -0.1) is 0 Å². The van der Waals surface area contributed by atoms with E-state index in [1.807, 2.05) is 0 Å². The van der Waals surface area contributed by atoms with Crippen molar-refractivity contribution in [2.75, 3.05) is 18.5 Å². The predicted molar refractivity (Wildman–Crippen MR) is 70.2 cm³/mol. The molecule has 1 aromatic carbocycles. The zero-order valence-electron chi connectivity index (χ0n) is 9.94. The minimum absolute atomic E-state index is 0.101. The molecule has 0 heterocycles. The second-order valence-electron chi connectivity index (χ2n) is 4.06. The second kappa shape index (κ2) is 6.70. The third kappa shape index (κ3) is 4.62. The number of halogens is 2. The summed E-state index contributed by atoms with van der Waals surface area (Å²) in [5.74, 6) is -1.34. The summed E-state index contributed by atoms with van der Waals surface area (Å²) in [4.78, 5) is 11.9. The van der Waals surface area contributed by atoms with Crippen LogP contribution in [0.2, 0.25) is 0 Å². The number of aliphatic carboxylic acids is 1. The molecule has 6 heteroatoms. The number of anilines is 1. The van der Waals surface area contributed by atoms with Crippen molar-refractivity contribution in [1.29, 1.82) is 0 Å². The van der Waals surface area contributed by atoms with Crippen molar-refractivity contribution < 1.29 is 19.4 Å². The molecule has 4 nitrogen and oxygen atoms in total. The van der Waals surface area contributed by atoms with E-state index in [0.717, 1.165) is 4.47 Å². The minimum atomic E-state index is -0.953. The lowest BCUT2D eigenvalue weighted by atomic mass is 10.2. The Labute approximate surface area is 113 Å². The largest absolute Gasteiger partial charge is 0.481 e. The average Bonchev–Trinajstić information content (AvgIpc) is 2.29. The first-order valence-corrected chi connectivity index (χ1v) is 6.25. The zero-order chi connectivity index (χ0) is 13.7.